The van der Waals surface area contributed by atoms with Crippen molar-refractivity contribution in [1.82, 2.24) is 4.98 Å². The van der Waals surface area contributed by atoms with Gasteiger partial charge in [0.25, 0.3) is 0 Å². The van der Waals surface area contributed by atoms with Crippen molar-refractivity contribution in [3.63, 3.8) is 0 Å². The van der Waals surface area contributed by atoms with Crippen LogP contribution in [0.15, 0.2) is 42.6 Å². The monoisotopic (exact) mass is 293 g/mol. The van der Waals surface area contributed by atoms with Gasteiger partial charge in [-0.15, -0.1) is 0 Å². The van der Waals surface area contributed by atoms with Crippen molar-refractivity contribution in [3.05, 3.63) is 59.4 Å². The molecule has 0 aliphatic heterocycles. The van der Waals surface area contributed by atoms with E-state index in [0.29, 0.717) is 12.1 Å². The Labute approximate surface area is 120 Å². The predicted molar refractivity (Wildman–Crippen MR) is 73.6 cm³/mol. The number of hydrogen-bond acceptors (Lipinski definition) is 3. The molecular weight excluding hydrogens is 279 g/mol. The summed E-state index contributed by atoms with van der Waals surface area (Å²) in [6.07, 6.45) is -2.50. The Kier molecular flexibility index (Phi) is 3.33. The molecule has 0 saturated carbocycles. The number of aromatic nitrogens is 1. The van der Waals surface area contributed by atoms with E-state index in [1.165, 1.54) is 12.3 Å². The molecule has 0 fully saturated rings. The number of rotatable bonds is 2. The maximum absolute atomic E-state index is 12.5. The largest absolute Gasteiger partial charge is 0.433 e. The normalized spacial score (nSPS) is 21.1. The molecule has 0 spiro atoms. The van der Waals surface area contributed by atoms with Crippen molar-refractivity contribution < 1.29 is 13.2 Å². The molecule has 3 rings (SSSR count). The maximum Gasteiger partial charge on any atom is 0.433 e. The van der Waals surface area contributed by atoms with Crippen LogP contribution in [-0.2, 0) is 6.18 Å². The van der Waals surface area contributed by atoms with E-state index < -0.39 is 11.9 Å². The number of nitrogens with zero attached hydrogens (tertiary/aromatic N) is 1. The van der Waals surface area contributed by atoms with E-state index >= 15 is 0 Å². The molecule has 3 nitrogen and oxygen atoms in total. The van der Waals surface area contributed by atoms with Crippen LogP contribution < -0.4 is 11.1 Å². The molecule has 2 atom stereocenters. The predicted octanol–water partition coefficient (Wildman–Crippen LogP) is 3.66. The number of anilines is 1. The average molecular weight is 293 g/mol. The van der Waals surface area contributed by atoms with Gasteiger partial charge in [-0.3, -0.25) is 0 Å². The smallest absolute Gasteiger partial charge is 0.377 e. The number of benzene rings is 1. The number of fused-ring (bicyclic) bond motifs is 1. The lowest BCUT2D eigenvalue weighted by molar-refractivity contribution is -0.141. The molecule has 6 heteroatoms. The first-order valence-corrected chi connectivity index (χ1v) is 6.59. The highest BCUT2D eigenvalue weighted by atomic mass is 19.4. The summed E-state index contributed by atoms with van der Waals surface area (Å²) in [6, 6.07) is 10.1. The standard InChI is InChI=1S/C15H14F3N3/c16-15(17,18)14-6-5-9(8-20-14)21-13-7-12(19)10-3-1-2-4-11(10)13/h1-6,8,12-13,21H,7,19H2. The molecule has 110 valence electrons. The van der Waals surface area contributed by atoms with Crippen LogP contribution in [0.25, 0.3) is 0 Å². The van der Waals surface area contributed by atoms with Gasteiger partial charge in [0.05, 0.1) is 17.9 Å². The molecule has 0 radical (unpaired) electrons. The van der Waals surface area contributed by atoms with Crippen molar-refractivity contribution in [1.29, 1.82) is 0 Å². The highest BCUT2D eigenvalue weighted by Gasteiger charge is 2.32. The van der Waals surface area contributed by atoms with Gasteiger partial charge in [0, 0.05) is 6.04 Å². The Balaban J connectivity index is 1.79. The van der Waals surface area contributed by atoms with Crippen LogP contribution in [0.3, 0.4) is 0 Å². The number of hydrogen-bond donors (Lipinski definition) is 2. The topological polar surface area (TPSA) is 50.9 Å². The Morgan fingerprint density at radius 3 is 2.43 bits per heavy atom. The van der Waals surface area contributed by atoms with Crippen LogP contribution in [0.1, 0.15) is 35.3 Å². The van der Waals surface area contributed by atoms with E-state index in [9.17, 15) is 13.2 Å². The zero-order valence-electron chi connectivity index (χ0n) is 11.1. The fourth-order valence-electron chi connectivity index (χ4n) is 2.66. The molecule has 21 heavy (non-hydrogen) atoms. The van der Waals surface area contributed by atoms with E-state index in [1.807, 2.05) is 24.3 Å². The molecule has 1 aromatic heterocycles. The van der Waals surface area contributed by atoms with Gasteiger partial charge in [-0.1, -0.05) is 24.3 Å². The van der Waals surface area contributed by atoms with Crippen molar-refractivity contribution in [2.45, 2.75) is 24.7 Å². The first kappa shape index (κ1) is 13.9. The van der Waals surface area contributed by atoms with Gasteiger partial charge in [0.2, 0.25) is 0 Å². The number of nitrogens with one attached hydrogen (secondary N) is 1. The maximum atomic E-state index is 12.5. The Bertz CT molecular complexity index is 637. The van der Waals surface area contributed by atoms with Gasteiger partial charge in [-0.2, -0.15) is 13.2 Å². The summed E-state index contributed by atoms with van der Waals surface area (Å²) in [6.45, 7) is 0. The van der Waals surface area contributed by atoms with Crippen molar-refractivity contribution in [2.75, 3.05) is 5.32 Å². The number of alkyl halides is 3. The minimum Gasteiger partial charge on any atom is -0.377 e. The van der Waals surface area contributed by atoms with Crippen LogP contribution in [0, 0.1) is 0 Å². The summed E-state index contributed by atoms with van der Waals surface area (Å²) in [5, 5.41) is 3.20. The van der Waals surface area contributed by atoms with Crippen molar-refractivity contribution in [3.8, 4) is 0 Å². The van der Waals surface area contributed by atoms with Gasteiger partial charge in [0.15, 0.2) is 0 Å². The van der Waals surface area contributed by atoms with Crippen LogP contribution in [0.4, 0.5) is 18.9 Å². The van der Waals surface area contributed by atoms with Gasteiger partial charge in [-0.05, 0) is 29.7 Å². The Morgan fingerprint density at radius 1 is 1.10 bits per heavy atom. The van der Waals surface area contributed by atoms with Crippen LogP contribution in [0.2, 0.25) is 0 Å². The number of halogens is 3. The van der Waals surface area contributed by atoms with Crippen molar-refractivity contribution in [2.24, 2.45) is 5.73 Å². The van der Waals surface area contributed by atoms with Gasteiger partial charge < -0.3 is 11.1 Å². The molecule has 3 N–H and O–H groups in total. The van der Waals surface area contributed by atoms with E-state index in [0.717, 1.165) is 17.2 Å². The molecule has 1 aliphatic carbocycles. The van der Waals surface area contributed by atoms with E-state index in [4.69, 9.17) is 5.73 Å². The minimum absolute atomic E-state index is 0.00487. The van der Waals surface area contributed by atoms with Gasteiger partial charge in [-0.25, -0.2) is 4.98 Å². The summed E-state index contributed by atoms with van der Waals surface area (Å²) in [5.74, 6) is 0. The van der Waals surface area contributed by atoms with E-state index in [2.05, 4.69) is 10.3 Å². The van der Waals surface area contributed by atoms with Gasteiger partial charge in [0.1, 0.15) is 5.69 Å². The molecular formula is C15H14F3N3. The highest BCUT2D eigenvalue weighted by Crippen LogP contribution is 2.39. The summed E-state index contributed by atoms with van der Waals surface area (Å²) >= 11 is 0. The first-order chi connectivity index (χ1) is 9.95. The molecule has 0 bridgehead atoms. The second-order valence-corrected chi connectivity index (χ2v) is 5.10. The minimum atomic E-state index is -4.42. The van der Waals surface area contributed by atoms with Crippen LogP contribution in [0.5, 0.6) is 0 Å². The molecule has 2 unspecified atom stereocenters. The third-order valence-electron chi connectivity index (χ3n) is 3.66. The quantitative estimate of drug-likeness (QED) is 0.888. The number of nitrogens with two attached hydrogens (primary N) is 1. The lowest BCUT2D eigenvalue weighted by Gasteiger charge is -2.16. The molecule has 0 amide bonds. The molecule has 1 heterocycles. The van der Waals surface area contributed by atoms with Gasteiger partial charge >= 0.3 is 6.18 Å². The molecule has 1 aliphatic rings. The fourth-order valence-corrected chi connectivity index (χ4v) is 2.66. The lowest BCUT2D eigenvalue weighted by atomic mass is 10.1. The first-order valence-electron chi connectivity index (χ1n) is 6.59. The Hall–Kier alpha value is -2.08. The van der Waals surface area contributed by atoms with E-state index in [1.54, 1.807) is 0 Å². The van der Waals surface area contributed by atoms with Crippen LogP contribution in [-0.4, -0.2) is 4.98 Å². The lowest BCUT2D eigenvalue weighted by Crippen LogP contribution is -2.11. The zero-order chi connectivity index (χ0) is 15.0. The molecule has 0 saturated heterocycles. The summed E-state index contributed by atoms with van der Waals surface area (Å²) in [5.41, 5.74) is 7.89. The summed E-state index contributed by atoms with van der Waals surface area (Å²) in [7, 11) is 0. The fraction of sp³-hybridized carbons (Fsp3) is 0.267. The second kappa shape index (κ2) is 5.04. The summed E-state index contributed by atoms with van der Waals surface area (Å²) < 4.78 is 37.4. The number of pyridine rings is 1. The summed E-state index contributed by atoms with van der Waals surface area (Å²) in [4.78, 5) is 3.45. The molecule has 2 aromatic rings. The highest BCUT2D eigenvalue weighted by molar-refractivity contribution is 5.48. The SMILES string of the molecule is NC1CC(Nc2ccc(C(F)(F)F)nc2)c2ccccc21. The molecule has 1 aromatic carbocycles. The second-order valence-electron chi connectivity index (χ2n) is 5.10. The van der Waals surface area contributed by atoms with Crippen LogP contribution >= 0.6 is 0 Å². The third kappa shape index (κ3) is 2.71. The Morgan fingerprint density at radius 2 is 1.81 bits per heavy atom. The van der Waals surface area contributed by atoms with Crippen molar-refractivity contribution >= 4 is 5.69 Å². The third-order valence-corrected chi connectivity index (χ3v) is 3.66. The zero-order valence-corrected chi connectivity index (χ0v) is 11.1. The average Bonchev–Trinajstić information content (AvgIpc) is 2.76. The van der Waals surface area contributed by atoms with E-state index in [-0.39, 0.29) is 12.1 Å².